The van der Waals surface area contributed by atoms with Gasteiger partial charge in [-0.25, -0.2) is 0 Å². The molecule has 0 bridgehead atoms. The van der Waals surface area contributed by atoms with Crippen LogP contribution in [0, 0.1) is 5.92 Å². The van der Waals surface area contributed by atoms with Crippen LogP contribution in [0.3, 0.4) is 0 Å². The van der Waals surface area contributed by atoms with Crippen molar-refractivity contribution in [2.45, 2.75) is 11.8 Å². The number of carbonyl (C=O) groups is 1. The maximum Gasteiger partial charge on any atom is 0.310 e. The standard InChI is InChI=1S/C26H24O6/c1-28-20-12-17-18(13-21(20)29-2)24(16-9-10-19-22(11-16)32-14-31-19)25(26(27)30-3)23(17)15-7-5-4-6-8-15/h4-13,23-25H,14H2,1-3H3/t23-,24-,25-/m0/s1. The maximum absolute atomic E-state index is 13.3. The second-order valence-corrected chi connectivity index (χ2v) is 7.86. The van der Waals surface area contributed by atoms with Crippen LogP contribution in [0.1, 0.15) is 34.1 Å². The van der Waals surface area contributed by atoms with Crippen molar-refractivity contribution >= 4 is 5.97 Å². The van der Waals surface area contributed by atoms with Crippen LogP contribution in [0.2, 0.25) is 0 Å². The minimum Gasteiger partial charge on any atom is -0.493 e. The van der Waals surface area contributed by atoms with Crippen LogP contribution in [-0.4, -0.2) is 34.1 Å². The second-order valence-electron chi connectivity index (χ2n) is 7.86. The number of carbonyl (C=O) groups excluding carboxylic acids is 1. The topological polar surface area (TPSA) is 63.2 Å². The molecule has 1 aliphatic heterocycles. The molecule has 0 fully saturated rings. The van der Waals surface area contributed by atoms with Crippen LogP contribution in [0.15, 0.2) is 60.7 Å². The molecule has 0 spiro atoms. The first-order chi connectivity index (χ1) is 15.7. The van der Waals surface area contributed by atoms with Crippen molar-refractivity contribution in [2.24, 2.45) is 5.92 Å². The summed E-state index contributed by atoms with van der Waals surface area (Å²) in [5.41, 5.74) is 4.02. The minimum absolute atomic E-state index is 0.193. The van der Waals surface area contributed by atoms with E-state index in [4.69, 9.17) is 23.7 Å². The van der Waals surface area contributed by atoms with Gasteiger partial charge in [0.25, 0.3) is 0 Å². The maximum atomic E-state index is 13.3. The Morgan fingerprint density at radius 3 is 2.03 bits per heavy atom. The van der Waals surface area contributed by atoms with Crippen molar-refractivity contribution in [2.75, 3.05) is 28.1 Å². The predicted molar refractivity (Wildman–Crippen MR) is 118 cm³/mol. The summed E-state index contributed by atoms with van der Waals surface area (Å²) >= 11 is 0. The van der Waals surface area contributed by atoms with Gasteiger partial charge in [-0.2, -0.15) is 0 Å². The Hall–Kier alpha value is -3.67. The number of ether oxygens (including phenoxy) is 5. The molecular weight excluding hydrogens is 408 g/mol. The van der Waals surface area contributed by atoms with Crippen LogP contribution >= 0.6 is 0 Å². The molecule has 0 unspecified atom stereocenters. The first-order valence-electron chi connectivity index (χ1n) is 10.4. The number of hydrogen-bond donors (Lipinski definition) is 0. The van der Waals surface area contributed by atoms with E-state index >= 15 is 0 Å². The van der Waals surface area contributed by atoms with Gasteiger partial charge in [0.05, 0.1) is 27.2 Å². The van der Waals surface area contributed by atoms with Gasteiger partial charge in [-0.1, -0.05) is 36.4 Å². The molecule has 6 nitrogen and oxygen atoms in total. The lowest BCUT2D eigenvalue weighted by atomic mass is 9.79. The van der Waals surface area contributed by atoms with Crippen molar-refractivity contribution in [3.8, 4) is 23.0 Å². The molecule has 164 valence electrons. The Morgan fingerprint density at radius 2 is 1.41 bits per heavy atom. The number of methoxy groups -OCH3 is 3. The summed E-state index contributed by atoms with van der Waals surface area (Å²) in [5, 5.41) is 0. The van der Waals surface area contributed by atoms with E-state index in [1.165, 1.54) is 7.11 Å². The van der Waals surface area contributed by atoms with Gasteiger partial charge in [-0.15, -0.1) is 0 Å². The quantitative estimate of drug-likeness (QED) is 0.553. The number of hydrogen-bond acceptors (Lipinski definition) is 6. The zero-order valence-electron chi connectivity index (χ0n) is 18.2. The van der Waals surface area contributed by atoms with E-state index in [1.807, 2.05) is 60.7 Å². The largest absolute Gasteiger partial charge is 0.493 e. The third-order valence-electron chi connectivity index (χ3n) is 6.37. The average molecular weight is 432 g/mol. The molecule has 0 saturated carbocycles. The van der Waals surface area contributed by atoms with Gasteiger partial charge in [0.2, 0.25) is 6.79 Å². The monoisotopic (exact) mass is 432 g/mol. The highest BCUT2D eigenvalue weighted by Crippen LogP contribution is 2.56. The molecule has 0 N–H and O–H groups in total. The smallest absolute Gasteiger partial charge is 0.310 e. The van der Waals surface area contributed by atoms with Crippen molar-refractivity contribution in [3.63, 3.8) is 0 Å². The number of rotatable bonds is 5. The van der Waals surface area contributed by atoms with Gasteiger partial charge in [0.15, 0.2) is 23.0 Å². The van der Waals surface area contributed by atoms with Crippen LogP contribution in [0.25, 0.3) is 0 Å². The van der Waals surface area contributed by atoms with Crippen LogP contribution in [-0.2, 0) is 9.53 Å². The molecule has 0 aromatic heterocycles. The molecule has 3 atom stereocenters. The van der Waals surface area contributed by atoms with E-state index in [-0.39, 0.29) is 24.6 Å². The highest BCUT2D eigenvalue weighted by atomic mass is 16.7. The molecular formula is C26H24O6. The summed E-state index contributed by atoms with van der Waals surface area (Å²) in [7, 11) is 4.66. The Bertz CT molecular complexity index is 1160. The highest BCUT2D eigenvalue weighted by Gasteiger charge is 2.48. The summed E-state index contributed by atoms with van der Waals surface area (Å²) < 4.78 is 27.6. The number of benzene rings is 3. The summed E-state index contributed by atoms with van der Waals surface area (Å²) in [6, 6.07) is 19.8. The van der Waals surface area contributed by atoms with E-state index in [1.54, 1.807) is 14.2 Å². The van der Waals surface area contributed by atoms with Crippen molar-refractivity contribution in [1.82, 2.24) is 0 Å². The van der Waals surface area contributed by atoms with Gasteiger partial charge in [-0.3, -0.25) is 4.79 Å². The summed E-state index contributed by atoms with van der Waals surface area (Å²) in [4.78, 5) is 13.3. The molecule has 0 radical (unpaired) electrons. The van der Waals surface area contributed by atoms with E-state index in [0.29, 0.717) is 23.0 Å². The Morgan fingerprint density at radius 1 is 0.781 bits per heavy atom. The minimum atomic E-state index is -0.463. The second kappa shape index (κ2) is 8.11. The molecule has 6 heteroatoms. The Labute approximate surface area is 186 Å². The fourth-order valence-corrected chi connectivity index (χ4v) is 4.98. The zero-order chi connectivity index (χ0) is 22.2. The number of esters is 1. The number of fused-ring (bicyclic) bond motifs is 2. The normalized spacial score (nSPS) is 20.5. The molecule has 5 rings (SSSR count). The third kappa shape index (κ3) is 3.14. The Balaban J connectivity index is 1.76. The molecule has 32 heavy (non-hydrogen) atoms. The molecule has 0 saturated heterocycles. The van der Waals surface area contributed by atoms with Gasteiger partial charge < -0.3 is 23.7 Å². The summed E-state index contributed by atoms with van der Waals surface area (Å²) in [6.45, 7) is 0.193. The van der Waals surface area contributed by atoms with E-state index in [9.17, 15) is 4.79 Å². The van der Waals surface area contributed by atoms with Gasteiger partial charge in [0, 0.05) is 11.8 Å². The fraction of sp³-hybridized carbons (Fsp3) is 0.269. The summed E-state index contributed by atoms with van der Waals surface area (Å²) in [6.07, 6.45) is 0. The van der Waals surface area contributed by atoms with Crippen molar-refractivity contribution < 1.29 is 28.5 Å². The molecule has 1 aliphatic carbocycles. The molecule has 2 aliphatic rings. The SMILES string of the molecule is COC(=O)[C@H]1[C@@H](c2ccccc2)c2cc(OC)c(OC)cc2[C@@H]1c1ccc2c(c1)OCO2. The third-order valence-corrected chi connectivity index (χ3v) is 6.37. The molecule has 3 aromatic rings. The lowest BCUT2D eigenvalue weighted by molar-refractivity contribution is -0.146. The first-order valence-corrected chi connectivity index (χ1v) is 10.4. The van der Waals surface area contributed by atoms with Crippen LogP contribution in [0.5, 0.6) is 23.0 Å². The predicted octanol–water partition coefficient (Wildman–Crippen LogP) is 4.50. The molecule has 3 aromatic carbocycles. The average Bonchev–Trinajstić information content (AvgIpc) is 3.44. The summed E-state index contributed by atoms with van der Waals surface area (Å²) in [5.74, 6) is 1.44. The van der Waals surface area contributed by atoms with Crippen molar-refractivity contribution in [1.29, 1.82) is 0 Å². The highest BCUT2D eigenvalue weighted by molar-refractivity contribution is 5.80. The van der Waals surface area contributed by atoms with Gasteiger partial charge in [-0.05, 0) is 46.5 Å². The van der Waals surface area contributed by atoms with Crippen LogP contribution in [0.4, 0.5) is 0 Å². The van der Waals surface area contributed by atoms with Gasteiger partial charge in [0.1, 0.15) is 0 Å². The van der Waals surface area contributed by atoms with E-state index in [0.717, 1.165) is 22.3 Å². The molecule has 1 heterocycles. The van der Waals surface area contributed by atoms with E-state index < -0.39 is 5.92 Å². The first kappa shape index (κ1) is 20.2. The lowest BCUT2D eigenvalue weighted by Gasteiger charge is -2.24. The Kier molecular flexibility index (Phi) is 5.13. The van der Waals surface area contributed by atoms with Crippen LogP contribution < -0.4 is 18.9 Å². The van der Waals surface area contributed by atoms with Crippen molar-refractivity contribution in [3.05, 3.63) is 82.9 Å². The zero-order valence-corrected chi connectivity index (χ0v) is 18.2. The van der Waals surface area contributed by atoms with E-state index in [2.05, 4.69) is 0 Å². The lowest BCUT2D eigenvalue weighted by Crippen LogP contribution is -2.25. The molecule has 0 amide bonds. The van der Waals surface area contributed by atoms with Gasteiger partial charge >= 0.3 is 5.97 Å². The fourth-order valence-electron chi connectivity index (χ4n) is 4.98.